The molecule has 0 aliphatic carbocycles. The number of benzene rings is 1. The summed E-state index contributed by atoms with van der Waals surface area (Å²) in [6, 6.07) is 7.53. The molecule has 0 unspecified atom stereocenters. The van der Waals surface area contributed by atoms with Crippen molar-refractivity contribution in [3.05, 3.63) is 48.3 Å². The van der Waals surface area contributed by atoms with Crippen LogP contribution >= 0.6 is 12.2 Å². The maximum atomic E-state index is 13.0. The molecule has 1 aromatic carbocycles. The molecule has 0 aliphatic rings. The Kier molecular flexibility index (Phi) is 3.11. The third-order valence-corrected chi connectivity index (χ3v) is 2.91. The van der Waals surface area contributed by atoms with Crippen molar-refractivity contribution in [3.8, 4) is 5.95 Å². The maximum absolute atomic E-state index is 13.0. The maximum Gasteiger partial charge on any atom is 0.235 e. The summed E-state index contributed by atoms with van der Waals surface area (Å²) < 4.78 is 14.7. The van der Waals surface area contributed by atoms with E-state index in [-0.39, 0.29) is 0 Å². The Morgan fingerprint density at radius 2 is 1.95 bits per heavy atom. The van der Waals surface area contributed by atoms with Crippen LogP contribution < -0.4 is 5.73 Å². The summed E-state index contributed by atoms with van der Waals surface area (Å²) in [7, 11) is 0. The molecule has 2 N–H and O–H groups in total. The van der Waals surface area contributed by atoms with Gasteiger partial charge in [-0.1, -0.05) is 24.4 Å². The first kappa shape index (κ1) is 12.6. The fraction of sp³-hybridized carbons (Fsp3) is 0.0769. The topological polar surface area (TPSA) is 69.6 Å². The Labute approximate surface area is 119 Å². The lowest BCUT2D eigenvalue weighted by Crippen LogP contribution is -2.15. The molecule has 0 aliphatic heterocycles. The number of rotatable bonds is 3. The van der Waals surface area contributed by atoms with Crippen LogP contribution in [0.2, 0.25) is 0 Å². The van der Waals surface area contributed by atoms with Crippen LogP contribution in [0.1, 0.15) is 5.82 Å². The summed E-state index contributed by atoms with van der Waals surface area (Å²) >= 11 is 4.94. The van der Waals surface area contributed by atoms with E-state index in [2.05, 4.69) is 15.0 Å². The molecule has 0 saturated carbocycles. The standard InChI is InChI=1S/C13H10FN5S/c14-8-6-16-13(17-7-8)19-10-4-2-1-3-9(10)18-12(19)5-11(15)20/h1-4,6-7H,5H2,(H2,15,20). The number of hydrogen-bond acceptors (Lipinski definition) is 4. The van der Waals surface area contributed by atoms with Crippen LogP contribution in [0.15, 0.2) is 36.7 Å². The quantitative estimate of drug-likeness (QED) is 0.744. The highest BCUT2D eigenvalue weighted by atomic mass is 32.1. The largest absolute Gasteiger partial charge is 0.393 e. The van der Waals surface area contributed by atoms with Gasteiger partial charge < -0.3 is 5.73 Å². The summed E-state index contributed by atoms with van der Waals surface area (Å²) in [6.45, 7) is 0. The van der Waals surface area contributed by atoms with Gasteiger partial charge in [-0.15, -0.1) is 0 Å². The molecule has 3 rings (SSSR count). The van der Waals surface area contributed by atoms with Gasteiger partial charge in [0.25, 0.3) is 0 Å². The number of nitrogens with two attached hydrogens (primary N) is 1. The van der Waals surface area contributed by atoms with Crippen molar-refractivity contribution in [3.63, 3.8) is 0 Å². The van der Waals surface area contributed by atoms with Crippen molar-refractivity contribution in [2.45, 2.75) is 6.42 Å². The van der Waals surface area contributed by atoms with Crippen molar-refractivity contribution in [2.24, 2.45) is 5.73 Å². The molecule has 2 aromatic heterocycles. The smallest absolute Gasteiger partial charge is 0.235 e. The molecular formula is C13H10FN5S. The second-order valence-electron chi connectivity index (χ2n) is 4.20. The van der Waals surface area contributed by atoms with Crippen LogP contribution in [-0.2, 0) is 6.42 Å². The average Bonchev–Trinajstić information content (AvgIpc) is 2.77. The van der Waals surface area contributed by atoms with Gasteiger partial charge in [0.15, 0.2) is 5.82 Å². The summed E-state index contributed by atoms with van der Waals surface area (Å²) in [4.78, 5) is 12.8. The molecule has 20 heavy (non-hydrogen) atoms. The highest BCUT2D eigenvalue weighted by Crippen LogP contribution is 2.19. The predicted molar refractivity (Wildman–Crippen MR) is 77.1 cm³/mol. The average molecular weight is 287 g/mol. The van der Waals surface area contributed by atoms with Crippen LogP contribution in [0, 0.1) is 5.82 Å². The fourth-order valence-corrected chi connectivity index (χ4v) is 2.12. The predicted octanol–water partition coefficient (Wildman–Crippen LogP) is 1.78. The number of fused-ring (bicyclic) bond motifs is 1. The second kappa shape index (κ2) is 4.93. The third-order valence-electron chi connectivity index (χ3n) is 2.77. The van der Waals surface area contributed by atoms with Crippen LogP contribution in [0.4, 0.5) is 4.39 Å². The lowest BCUT2D eigenvalue weighted by Gasteiger charge is -2.06. The second-order valence-corrected chi connectivity index (χ2v) is 4.72. The van der Waals surface area contributed by atoms with Crippen LogP contribution in [0.25, 0.3) is 17.0 Å². The van der Waals surface area contributed by atoms with E-state index in [9.17, 15) is 4.39 Å². The van der Waals surface area contributed by atoms with Crippen molar-refractivity contribution in [1.29, 1.82) is 0 Å². The lowest BCUT2D eigenvalue weighted by molar-refractivity contribution is 0.610. The van der Waals surface area contributed by atoms with E-state index >= 15 is 0 Å². The van der Waals surface area contributed by atoms with Gasteiger partial charge in [0.1, 0.15) is 5.82 Å². The first-order chi connectivity index (χ1) is 9.65. The number of imidazole rings is 1. The minimum Gasteiger partial charge on any atom is -0.393 e. The first-order valence-electron chi connectivity index (χ1n) is 5.88. The summed E-state index contributed by atoms with van der Waals surface area (Å²) in [5, 5.41) is 0. The minimum atomic E-state index is -0.492. The molecule has 0 radical (unpaired) electrons. The molecule has 5 nitrogen and oxygen atoms in total. The molecule has 0 bridgehead atoms. The Morgan fingerprint density at radius 3 is 2.65 bits per heavy atom. The van der Waals surface area contributed by atoms with Crippen molar-refractivity contribution < 1.29 is 4.39 Å². The summed E-state index contributed by atoms with van der Waals surface area (Å²) in [6.07, 6.45) is 2.55. The molecule has 0 fully saturated rings. The molecular weight excluding hydrogens is 277 g/mol. The zero-order chi connectivity index (χ0) is 14.1. The van der Waals surface area contributed by atoms with Gasteiger partial charge in [-0.3, -0.25) is 4.57 Å². The van der Waals surface area contributed by atoms with E-state index in [1.54, 1.807) is 4.57 Å². The zero-order valence-electron chi connectivity index (χ0n) is 10.3. The van der Waals surface area contributed by atoms with Gasteiger partial charge >= 0.3 is 0 Å². The van der Waals surface area contributed by atoms with E-state index < -0.39 is 5.82 Å². The number of hydrogen-bond donors (Lipinski definition) is 1. The molecule has 0 amide bonds. The molecule has 0 saturated heterocycles. The van der Waals surface area contributed by atoms with Crippen LogP contribution in [0.3, 0.4) is 0 Å². The zero-order valence-corrected chi connectivity index (χ0v) is 11.1. The Morgan fingerprint density at radius 1 is 1.25 bits per heavy atom. The van der Waals surface area contributed by atoms with Crippen LogP contribution in [0.5, 0.6) is 0 Å². The van der Waals surface area contributed by atoms with Crippen molar-refractivity contribution >= 4 is 28.2 Å². The molecule has 7 heteroatoms. The third kappa shape index (κ3) is 2.23. The minimum absolute atomic E-state index is 0.323. The van der Waals surface area contributed by atoms with E-state index in [0.29, 0.717) is 23.2 Å². The van der Waals surface area contributed by atoms with E-state index in [4.69, 9.17) is 18.0 Å². The fourth-order valence-electron chi connectivity index (χ4n) is 1.99. The first-order valence-corrected chi connectivity index (χ1v) is 6.28. The van der Waals surface area contributed by atoms with E-state index in [1.807, 2.05) is 24.3 Å². The molecule has 2 heterocycles. The van der Waals surface area contributed by atoms with Crippen LogP contribution in [-0.4, -0.2) is 24.5 Å². The van der Waals surface area contributed by atoms with Gasteiger partial charge in [-0.05, 0) is 12.1 Å². The van der Waals surface area contributed by atoms with Gasteiger partial charge in [0.2, 0.25) is 5.95 Å². The lowest BCUT2D eigenvalue weighted by atomic mass is 10.3. The van der Waals surface area contributed by atoms with Gasteiger partial charge in [0.05, 0.1) is 34.8 Å². The molecule has 3 aromatic rings. The van der Waals surface area contributed by atoms with Gasteiger partial charge in [-0.2, -0.15) is 0 Å². The molecule has 0 atom stereocenters. The molecule has 100 valence electrons. The number of nitrogens with zero attached hydrogens (tertiary/aromatic N) is 4. The normalized spacial score (nSPS) is 10.8. The number of para-hydroxylation sites is 2. The van der Waals surface area contributed by atoms with E-state index in [0.717, 1.165) is 23.4 Å². The number of thiocarbonyl (C=S) groups is 1. The SMILES string of the molecule is NC(=S)Cc1nc2ccccc2n1-c1ncc(F)cn1. The van der Waals surface area contributed by atoms with Crippen molar-refractivity contribution in [1.82, 2.24) is 19.5 Å². The summed E-state index contributed by atoms with van der Waals surface area (Å²) in [5.74, 6) is 0.478. The molecule has 0 spiro atoms. The van der Waals surface area contributed by atoms with Gasteiger partial charge in [0, 0.05) is 0 Å². The summed E-state index contributed by atoms with van der Waals surface area (Å²) in [5.41, 5.74) is 7.20. The monoisotopic (exact) mass is 287 g/mol. The van der Waals surface area contributed by atoms with Gasteiger partial charge in [-0.25, -0.2) is 19.3 Å². The Bertz CT molecular complexity index is 781. The Balaban J connectivity index is 2.25. The van der Waals surface area contributed by atoms with Crippen molar-refractivity contribution in [2.75, 3.05) is 0 Å². The highest BCUT2D eigenvalue weighted by molar-refractivity contribution is 7.80. The van der Waals surface area contributed by atoms with E-state index in [1.165, 1.54) is 0 Å². The Hall–Kier alpha value is -2.41. The number of halogens is 1. The number of aromatic nitrogens is 4. The highest BCUT2D eigenvalue weighted by Gasteiger charge is 2.14.